The third-order valence-electron chi connectivity index (χ3n) is 7.49. The maximum atomic E-state index is 13.7. The van der Waals surface area contributed by atoms with Crippen molar-refractivity contribution in [2.75, 3.05) is 13.7 Å². The molecule has 240 valence electrons. The van der Waals surface area contributed by atoms with Gasteiger partial charge in [0.15, 0.2) is 23.5 Å². The van der Waals surface area contributed by atoms with Crippen LogP contribution in [0.3, 0.4) is 0 Å². The molecule has 0 spiro atoms. The Morgan fingerprint density at radius 2 is 1.48 bits per heavy atom. The number of methoxy groups -OCH3 is 1. The number of aliphatic hydroxyl groups is 6. The van der Waals surface area contributed by atoms with Crippen LogP contribution < -0.4 is 14.9 Å². The van der Waals surface area contributed by atoms with Crippen LogP contribution in [0.15, 0.2) is 39.5 Å². The molecule has 0 unspecified atom stereocenters. The first kappa shape index (κ1) is 31.7. The van der Waals surface area contributed by atoms with Gasteiger partial charge in [0.05, 0.1) is 19.8 Å². The number of ether oxygens (including phenoxy) is 5. The topological polar surface area (TPSA) is 258 Å². The number of benzene rings is 2. The van der Waals surface area contributed by atoms with Gasteiger partial charge in [0.1, 0.15) is 65.2 Å². The molecule has 16 heteroatoms. The van der Waals surface area contributed by atoms with Crippen LogP contribution in [0, 0.1) is 0 Å². The Labute approximate surface area is 248 Å². The lowest BCUT2D eigenvalue weighted by Gasteiger charge is -2.42. The third-order valence-corrected chi connectivity index (χ3v) is 7.49. The number of aromatic hydroxyl groups is 3. The van der Waals surface area contributed by atoms with Gasteiger partial charge in [-0.3, -0.25) is 4.79 Å². The molecule has 2 fully saturated rings. The molecule has 16 nitrogen and oxygen atoms in total. The van der Waals surface area contributed by atoms with E-state index in [-0.39, 0.29) is 28.4 Å². The molecule has 0 saturated carbocycles. The van der Waals surface area contributed by atoms with Crippen molar-refractivity contribution in [2.45, 2.75) is 68.3 Å². The summed E-state index contributed by atoms with van der Waals surface area (Å²) >= 11 is 0. The van der Waals surface area contributed by atoms with Crippen LogP contribution in [0.1, 0.15) is 6.92 Å². The summed E-state index contributed by atoms with van der Waals surface area (Å²) in [4.78, 5) is 13.7. The molecule has 0 aliphatic carbocycles. The van der Waals surface area contributed by atoms with Crippen molar-refractivity contribution in [1.82, 2.24) is 0 Å². The first-order chi connectivity index (χ1) is 20.8. The van der Waals surface area contributed by atoms with E-state index in [4.69, 9.17) is 28.1 Å². The van der Waals surface area contributed by atoms with E-state index >= 15 is 0 Å². The highest BCUT2D eigenvalue weighted by atomic mass is 16.7. The summed E-state index contributed by atoms with van der Waals surface area (Å²) in [6, 6.07) is 5.88. The van der Waals surface area contributed by atoms with E-state index in [2.05, 4.69) is 0 Å². The van der Waals surface area contributed by atoms with Crippen molar-refractivity contribution in [3.8, 4) is 40.1 Å². The molecule has 2 aliphatic rings. The SMILES string of the molecule is COc1ccc(-c2oc3cc(O)cc(O)c3c(=O)c2O[C@@H]2O[C@H](CO[C@@H]3O[C@H](C)[C@H](O)[C@@H](O)[C@H]3O)[C@@H](O)[C@@H](O)[C@H]2O)cc1O. The van der Waals surface area contributed by atoms with Crippen molar-refractivity contribution < 1.29 is 74.1 Å². The Hall–Kier alpha value is -3.71. The van der Waals surface area contributed by atoms with Crippen LogP contribution in [-0.4, -0.2) is 121 Å². The molecule has 44 heavy (non-hydrogen) atoms. The van der Waals surface area contributed by atoms with E-state index in [1.165, 1.54) is 32.2 Å². The van der Waals surface area contributed by atoms with E-state index < -0.39 is 96.1 Å². The molecule has 2 saturated heterocycles. The van der Waals surface area contributed by atoms with Crippen molar-refractivity contribution in [3.63, 3.8) is 0 Å². The summed E-state index contributed by atoms with van der Waals surface area (Å²) in [5.41, 5.74) is -1.19. The van der Waals surface area contributed by atoms with Crippen LogP contribution >= 0.6 is 0 Å². The molecular weight excluding hydrogens is 592 g/mol. The van der Waals surface area contributed by atoms with Crippen molar-refractivity contribution >= 4 is 11.0 Å². The van der Waals surface area contributed by atoms with Crippen LogP contribution in [0.2, 0.25) is 0 Å². The molecule has 0 radical (unpaired) electrons. The average Bonchev–Trinajstić information content (AvgIpc) is 2.98. The van der Waals surface area contributed by atoms with Gasteiger partial charge in [0.25, 0.3) is 0 Å². The Morgan fingerprint density at radius 1 is 0.795 bits per heavy atom. The third kappa shape index (κ3) is 5.74. The second-order valence-electron chi connectivity index (χ2n) is 10.5. The molecular formula is C28H32O16. The molecule has 0 amide bonds. The van der Waals surface area contributed by atoms with Crippen molar-refractivity contribution in [1.29, 1.82) is 0 Å². The van der Waals surface area contributed by atoms with Gasteiger partial charge in [-0.2, -0.15) is 0 Å². The lowest BCUT2D eigenvalue weighted by Crippen LogP contribution is -2.61. The lowest BCUT2D eigenvalue weighted by atomic mass is 9.98. The highest BCUT2D eigenvalue weighted by Crippen LogP contribution is 2.39. The van der Waals surface area contributed by atoms with E-state index in [1.807, 2.05) is 0 Å². The molecule has 9 N–H and O–H groups in total. The second kappa shape index (κ2) is 12.4. The van der Waals surface area contributed by atoms with Crippen molar-refractivity contribution in [2.24, 2.45) is 0 Å². The fourth-order valence-electron chi connectivity index (χ4n) is 5.01. The Bertz CT molecular complexity index is 1560. The first-order valence-electron chi connectivity index (χ1n) is 13.4. The molecule has 0 bridgehead atoms. The van der Waals surface area contributed by atoms with E-state index in [0.29, 0.717) is 0 Å². The van der Waals surface area contributed by atoms with Gasteiger partial charge in [0, 0.05) is 17.7 Å². The number of rotatable bonds is 7. The normalized spacial score (nSPS) is 32.5. The van der Waals surface area contributed by atoms with Gasteiger partial charge in [-0.05, 0) is 25.1 Å². The molecule has 5 rings (SSSR count). The van der Waals surface area contributed by atoms with Gasteiger partial charge in [-0.25, -0.2) is 0 Å². The minimum Gasteiger partial charge on any atom is -0.508 e. The van der Waals surface area contributed by atoms with Crippen LogP contribution in [0.25, 0.3) is 22.3 Å². The van der Waals surface area contributed by atoms with Gasteiger partial charge >= 0.3 is 0 Å². The maximum absolute atomic E-state index is 13.7. The lowest BCUT2D eigenvalue weighted by molar-refractivity contribution is -0.318. The van der Waals surface area contributed by atoms with E-state index in [0.717, 1.165) is 12.1 Å². The highest BCUT2D eigenvalue weighted by Gasteiger charge is 2.47. The minimum atomic E-state index is -1.95. The van der Waals surface area contributed by atoms with Crippen LogP contribution in [-0.2, 0) is 14.2 Å². The molecule has 10 atom stereocenters. The number of fused-ring (bicyclic) bond motifs is 1. The Kier molecular flexibility index (Phi) is 8.90. The predicted molar refractivity (Wildman–Crippen MR) is 145 cm³/mol. The van der Waals surface area contributed by atoms with Gasteiger partial charge in [0.2, 0.25) is 17.5 Å². The smallest absolute Gasteiger partial charge is 0.239 e. The van der Waals surface area contributed by atoms with Crippen LogP contribution in [0.4, 0.5) is 0 Å². The molecule has 3 aromatic rings. The number of aliphatic hydroxyl groups excluding tert-OH is 6. The number of phenolic OH excluding ortho intramolecular Hbond substituents is 3. The highest BCUT2D eigenvalue weighted by molar-refractivity contribution is 5.88. The van der Waals surface area contributed by atoms with Gasteiger partial charge in [-0.15, -0.1) is 0 Å². The quantitative estimate of drug-likeness (QED) is 0.147. The Balaban J connectivity index is 1.48. The first-order valence-corrected chi connectivity index (χ1v) is 13.4. The summed E-state index contributed by atoms with van der Waals surface area (Å²) in [6.45, 7) is 0.841. The zero-order chi connectivity index (χ0) is 32.0. The van der Waals surface area contributed by atoms with Gasteiger partial charge < -0.3 is 74.1 Å². The molecule has 1 aromatic heterocycles. The number of hydrogen-bond acceptors (Lipinski definition) is 16. The summed E-state index contributed by atoms with van der Waals surface area (Å²) < 4.78 is 33.1. The van der Waals surface area contributed by atoms with E-state index in [1.54, 1.807) is 0 Å². The molecule has 2 aromatic carbocycles. The fourth-order valence-corrected chi connectivity index (χ4v) is 5.01. The monoisotopic (exact) mass is 624 g/mol. The zero-order valence-corrected chi connectivity index (χ0v) is 23.3. The fraction of sp³-hybridized carbons (Fsp3) is 0.464. The standard InChI is InChI=1S/C28H32O16/c1-9-18(32)21(35)23(37)27(41-9)40-8-16-19(33)22(36)24(38)28(43-16)44-26-20(34)17-13(31)6-11(29)7-15(17)42-25(26)10-3-4-14(39-2)12(30)5-10/h3-7,9,16,18-19,21-24,27-33,35-38H,8H2,1-2H3/t9-,16-,18+,19-,21-,22-,23-,24-,27-,28+/m1/s1. The average molecular weight is 625 g/mol. The Morgan fingerprint density at radius 3 is 2.16 bits per heavy atom. The van der Waals surface area contributed by atoms with Crippen LogP contribution in [0.5, 0.6) is 28.7 Å². The summed E-state index contributed by atoms with van der Waals surface area (Å²) in [5, 5.41) is 92.3. The summed E-state index contributed by atoms with van der Waals surface area (Å²) in [5.74, 6) is -2.33. The van der Waals surface area contributed by atoms with E-state index in [9.17, 15) is 50.8 Å². The molecule has 2 aliphatic heterocycles. The largest absolute Gasteiger partial charge is 0.508 e. The summed E-state index contributed by atoms with van der Waals surface area (Å²) in [7, 11) is 1.32. The maximum Gasteiger partial charge on any atom is 0.239 e. The zero-order valence-electron chi connectivity index (χ0n) is 23.3. The van der Waals surface area contributed by atoms with Crippen molar-refractivity contribution in [3.05, 3.63) is 40.6 Å². The number of hydrogen-bond donors (Lipinski definition) is 9. The number of phenols is 3. The van der Waals surface area contributed by atoms with Gasteiger partial charge in [-0.1, -0.05) is 0 Å². The minimum absolute atomic E-state index is 0.0594. The summed E-state index contributed by atoms with van der Waals surface area (Å²) in [6.07, 6.45) is -16.0. The predicted octanol–water partition coefficient (Wildman–Crippen LogP) is -1.38. The second-order valence-corrected chi connectivity index (χ2v) is 10.5. The molecule has 3 heterocycles.